The van der Waals surface area contributed by atoms with Crippen LogP contribution in [-0.2, 0) is 4.74 Å². The van der Waals surface area contributed by atoms with Gasteiger partial charge in [-0.05, 0) is 47.0 Å². The van der Waals surface area contributed by atoms with E-state index in [0.29, 0.717) is 29.2 Å². The van der Waals surface area contributed by atoms with Crippen molar-refractivity contribution in [2.75, 3.05) is 38.2 Å². The fraction of sp³-hybridized carbons (Fsp3) is 0.500. The van der Waals surface area contributed by atoms with Crippen molar-refractivity contribution in [1.29, 1.82) is 0 Å². The maximum atomic E-state index is 12.6. The minimum atomic E-state index is -0.588. The number of nitrogens with zero attached hydrogens (tertiary/aromatic N) is 3. The van der Waals surface area contributed by atoms with Crippen LogP contribution >= 0.6 is 0 Å². The number of nitrogen functional groups attached to an aromatic ring is 1. The van der Waals surface area contributed by atoms with Crippen molar-refractivity contribution >= 4 is 28.8 Å². The summed E-state index contributed by atoms with van der Waals surface area (Å²) in [7, 11) is 3.97. The molecule has 1 aromatic carbocycles. The number of anilines is 2. The van der Waals surface area contributed by atoms with Crippen LogP contribution in [-0.4, -0.2) is 53.3 Å². The number of benzene rings is 1. The van der Waals surface area contributed by atoms with Crippen LogP contribution < -0.4 is 11.1 Å². The summed E-state index contributed by atoms with van der Waals surface area (Å²) >= 11 is 0. The Hall–Kier alpha value is -2.28. The van der Waals surface area contributed by atoms with Crippen molar-refractivity contribution < 1.29 is 9.53 Å². The van der Waals surface area contributed by atoms with Crippen molar-refractivity contribution in [2.45, 2.75) is 26.4 Å². The van der Waals surface area contributed by atoms with Gasteiger partial charge in [-0.25, -0.2) is 14.3 Å². The predicted octanol–water partition coefficient (Wildman–Crippen LogP) is 2.38. The van der Waals surface area contributed by atoms with E-state index in [4.69, 9.17) is 10.5 Å². The van der Waals surface area contributed by atoms with Gasteiger partial charge in [0.15, 0.2) is 0 Å². The van der Waals surface area contributed by atoms with Crippen LogP contribution in [0.1, 0.15) is 20.8 Å². The Morgan fingerprint density at radius 1 is 1.39 bits per heavy atom. The molecule has 1 aromatic heterocycles. The lowest BCUT2D eigenvalue weighted by Crippen LogP contribution is -2.29. The number of carbonyl (C=O) groups is 1. The molecule has 0 saturated carbocycles. The third-order valence-electron chi connectivity index (χ3n) is 3.13. The first-order chi connectivity index (χ1) is 10.7. The summed E-state index contributed by atoms with van der Waals surface area (Å²) in [6.45, 7) is 6.96. The molecule has 0 fully saturated rings. The van der Waals surface area contributed by atoms with Crippen LogP contribution in [0.15, 0.2) is 18.2 Å². The number of ether oxygens (including phenoxy) is 1. The van der Waals surface area contributed by atoms with E-state index in [1.807, 2.05) is 39.8 Å². The van der Waals surface area contributed by atoms with E-state index < -0.39 is 11.7 Å². The third-order valence-corrected chi connectivity index (χ3v) is 3.13. The zero-order chi connectivity index (χ0) is 17.2. The molecule has 23 heavy (non-hydrogen) atoms. The lowest BCUT2D eigenvalue weighted by molar-refractivity contribution is 0.0547. The molecule has 0 spiro atoms. The number of hydrogen-bond acceptors (Lipinski definition) is 6. The minimum absolute atomic E-state index is 0.439. The van der Waals surface area contributed by atoms with Crippen LogP contribution in [0.25, 0.3) is 11.0 Å². The van der Waals surface area contributed by atoms with Crippen molar-refractivity contribution in [1.82, 2.24) is 14.5 Å². The quantitative estimate of drug-likeness (QED) is 0.842. The SMILES string of the molecule is CN(C)CCNc1nc2c(N)cccc2n1C(=O)OC(C)(C)C. The highest BCUT2D eigenvalue weighted by molar-refractivity contribution is 5.96. The second-order valence-electron chi connectivity index (χ2n) is 6.70. The van der Waals surface area contributed by atoms with E-state index in [1.165, 1.54) is 4.57 Å². The smallest absolute Gasteiger partial charge is 0.421 e. The van der Waals surface area contributed by atoms with Gasteiger partial charge in [-0.15, -0.1) is 0 Å². The lowest BCUT2D eigenvalue weighted by Gasteiger charge is -2.20. The highest BCUT2D eigenvalue weighted by atomic mass is 16.6. The van der Waals surface area contributed by atoms with Crippen molar-refractivity contribution in [2.24, 2.45) is 0 Å². The number of nitrogens with one attached hydrogen (secondary N) is 1. The third kappa shape index (κ3) is 4.13. The summed E-state index contributed by atoms with van der Waals surface area (Å²) in [6, 6.07) is 5.36. The molecule has 2 aromatic rings. The van der Waals surface area contributed by atoms with E-state index in [0.717, 1.165) is 6.54 Å². The summed E-state index contributed by atoms with van der Waals surface area (Å²) in [5.74, 6) is 0.439. The highest BCUT2D eigenvalue weighted by Gasteiger charge is 2.23. The van der Waals surface area contributed by atoms with E-state index in [-0.39, 0.29) is 0 Å². The molecule has 0 aliphatic carbocycles. The number of para-hydroxylation sites is 1. The molecular formula is C16H25N5O2. The van der Waals surface area contributed by atoms with Crippen molar-refractivity contribution in [3.63, 3.8) is 0 Å². The number of carbonyl (C=O) groups excluding carboxylic acids is 1. The van der Waals surface area contributed by atoms with Gasteiger partial charge in [0.1, 0.15) is 11.1 Å². The monoisotopic (exact) mass is 319 g/mol. The highest BCUT2D eigenvalue weighted by Crippen LogP contribution is 2.25. The molecule has 0 atom stereocenters. The first-order valence-corrected chi connectivity index (χ1v) is 7.58. The van der Waals surface area contributed by atoms with Crippen LogP contribution in [0.5, 0.6) is 0 Å². The summed E-state index contributed by atoms with van der Waals surface area (Å²) in [4.78, 5) is 19.1. The van der Waals surface area contributed by atoms with Crippen molar-refractivity contribution in [3.05, 3.63) is 18.2 Å². The molecule has 0 aliphatic rings. The van der Waals surface area contributed by atoms with Gasteiger partial charge in [-0.2, -0.15) is 0 Å². The van der Waals surface area contributed by atoms with E-state index in [1.54, 1.807) is 18.2 Å². The molecule has 1 heterocycles. The molecule has 0 unspecified atom stereocenters. The summed E-state index contributed by atoms with van der Waals surface area (Å²) in [5, 5.41) is 3.18. The molecule has 0 bridgehead atoms. The number of nitrogens with two attached hydrogens (primary N) is 1. The van der Waals surface area contributed by atoms with Gasteiger partial charge in [0, 0.05) is 13.1 Å². The van der Waals surface area contributed by atoms with Gasteiger partial charge in [0.25, 0.3) is 0 Å². The average molecular weight is 319 g/mol. The molecule has 126 valence electrons. The second-order valence-corrected chi connectivity index (χ2v) is 6.70. The average Bonchev–Trinajstić information content (AvgIpc) is 2.76. The normalized spacial score (nSPS) is 11.9. The predicted molar refractivity (Wildman–Crippen MR) is 92.8 cm³/mol. The molecule has 7 heteroatoms. The second kappa shape index (κ2) is 6.45. The Bertz CT molecular complexity index is 700. The standard InChI is InChI=1S/C16H25N5O2/c1-16(2,3)23-15(22)21-12-8-6-7-11(17)13(12)19-14(21)18-9-10-20(4)5/h6-8H,9-10,17H2,1-5H3,(H,18,19). The van der Waals surface area contributed by atoms with Crippen LogP contribution in [0, 0.1) is 0 Å². The van der Waals surface area contributed by atoms with E-state index >= 15 is 0 Å². The van der Waals surface area contributed by atoms with Crippen molar-refractivity contribution in [3.8, 4) is 0 Å². The Morgan fingerprint density at radius 3 is 2.70 bits per heavy atom. The first kappa shape index (κ1) is 17.1. The molecule has 0 aliphatic heterocycles. The molecule has 3 N–H and O–H groups in total. The molecule has 7 nitrogen and oxygen atoms in total. The summed E-state index contributed by atoms with van der Waals surface area (Å²) in [5.41, 5.74) is 7.14. The molecular weight excluding hydrogens is 294 g/mol. The maximum absolute atomic E-state index is 12.6. The van der Waals surface area contributed by atoms with Gasteiger partial charge in [-0.3, -0.25) is 0 Å². The molecule has 2 rings (SSSR count). The zero-order valence-corrected chi connectivity index (χ0v) is 14.4. The first-order valence-electron chi connectivity index (χ1n) is 7.58. The van der Waals surface area contributed by atoms with Gasteiger partial charge < -0.3 is 20.7 Å². The number of imidazole rings is 1. The summed E-state index contributed by atoms with van der Waals surface area (Å²) in [6.07, 6.45) is -0.474. The lowest BCUT2D eigenvalue weighted by atomic mass is 10.2. The molecule has 0 saturated heterocycles. The van der Waals surface area contributed by atoms with Gasteiger partial charge in [0.05, 0.1) is 11.2 Å². The topological polar surface area (TPSA) is 85.4 Å². The Labute approximate surface area is 136 Å². The fourth-order valence-corrected chi connectivity index (χ4v) is 2.12. The van der Waals surface area contributed by atoms with Gasteiger partial charge in [0.2, 0.25) is 5.95 Å². The van der Waals surface area contributed by atoms with Crippen LogP contribution in [0.2, 0.25) is 0 Å². The number of rotatable bonds is 4. The van der Waals surface area contributed by atoms with Crippen LogP contribution in [0.3, 0.4) is 0 Å². The van der Waals surface area contributed by atoms with Gasteiger partial charge in [-0.1, -0.05) is 6.07 Å². The summed E-state index contributed by atoms with van der Waals surface area (Å²) < 4.78 is 6.93. The molecule has 0 radical (unpaired) electrons. The zero-order valence-electron chi connectivity index (χ0n) is 14.4. The Balaban J connectivity index is 2.41. The molecule has 0 amide bonds. The van der Waals surface area contributed by atoms with E-state index in [9.17, 15) is 4.79 Å². The number of likely N-dealkylation sites (N-methyl/N-ethyl adjacent to an activating group) is 1. The number of hydrogen-bond donors (Lipinski definition) is 2. The Morgan fingerprint density at radius 2 is 2.09 bits per heavy atom. The largest absolute Gasteiger partial charge is 0.443 e. The minimum Gasteiger partial charge on any atom is -0.443 e. The van der Waals surface area contributed by atoms with Crippen LogP contribution in [0.4, 0.5) is 16.4 Å². The Kier molecular flexibility index (Phi) is 4.79. The number of aromatic nitrogens is 2. The maximum Gasteiger partial charge on any atom is 0.421 e. The number of fused-ring (bicyclic) bond motifs is 1. The van der Waals surface area contributed by atoms with Gasteiger partial charge >= 0.3 is 6.09 Å². The fourth-order valence-electron chi connectivity index (χ4n) is 2.12. The van der Waals surface area contributed by atoms with E-state index in [2.05, 4.69) is 10.3 Å².